The molecule has 23 heavy (non-hydrogen) atoms. The first-order valence-electron chi connectivity index (χ1n) is 8.57. The minimum absolute atomic E-state index is 0.00912. The molecule has 1 aromatic carbocycles. The monoisotopic (exact) mass is 313 g/mol. The van der Waals surface area contributed by atoms with E-state index >= 15 is 0 Å². The van der Waals surface area contributed by atoms with E-state index in [1.165, 1.54) is 12.8 Å². The summed E-state index contributed by atoms with van der Waals surface area (Å²) in [5, 5.41) is 0. The fourth-order valence-electron chi connectivity index (χ4n) is 3.59. The number of nitrogens with zero attached hydrogens (tertiary/aromatic N) is 3. The molecule has 0 bridgehead atoms. The third kappa shape index (κ3) is 2.63. The molecule has 4 rings (SSSR count). The molecule has 1 saturated carbocycles. The molecule has 0 radical (unpaired) electrons. The molecule has 2 atom stereocenters. The molecule has 5 heteroatoms. The second-order valence-electron chi connectivity index (χ2n) is 6.70. The summed E-state index contributed by atoms with van der Waals surface area (Å²) < 4.78 is 7.89. The van der Waals surface area contributed by atoms with Crippen LogP contribution in [0.4, 0.5) is 5.82 Å². The largest absolute Gasteiger partial charge is 0.371 e. The Morgan fingerprint density at radius 2 is 2.04 bits per heavy atom. The van der Waals surface area contributed by atoms with Crippen molar-refractivity contribution in [2.24, 2.45) is 5.92 Å². The summed E-state index contributed by atoms with van der Waals surface area (Å²) in [7, 11) is 0. The maximum atomic E-state index is 12.9. The van der Waals surface area contributed by atoms with Gasteiger partial charge in [0.1, 0.15) is 0 Å². The molecule has 0 spiro atoms. The highest BCUT2D eigenvalue weighted by Gasteiger charge is 2.38. The van der Waals surface area contributed by atoms with Crippen molar-refractivity contribution in [3.8, 4) is 0 Å². The van der Waals surface area contributed by atoms with Crippen LogP contribution in [-0.4, -0.2) is 34.8 Å². The first kappa shape index (κ1) is 14.7. The third-order valence-corrected chi connectivity index (χ3v) is 4.88. The summed E-state index contributed by atoms with van der Waals surface area (Å²) in [6.07, 6.45) is 2.86. The second-order valence-corrected chi connectivity index (χ2v) is 6.70. The van der Waals surface area contributed by atoms with Crippen LogP contribution in [0.25, 0.3) is 11.0 Å². The Balaban J connectivity index is 1.78. The van der Waals surface area contributed by atoms with Gasteiger partial charge >= 0.3 is 0 Å². The summed E-state index contributed by atoms with van der Waals surface area (Å²) in [6, 6.07) is 7.87. The number of anilines is 1. The van der Waals surface area contributed by atoms with E-state index < -0.39 is 0 Å². The van der Waals surface area contributed by atoms with Crippen molar-refractivity contribution in [2.45, 2.75) is 45.4 Å². The van der Waals surface area contributed by atoms with Gasteiger partial charge in [-0.15, -0.1) is 0 Å². The van der Waals surface area contributed by atoms with Crippen molar-refractivity contribution in [3.63, 3.8) is 0 Å². The topological polar surface area (TPSA) is 47.4 Å². The lowest BCUT2D eigenvalue weighted by Gasteiger charge is -2.37. The lowest BCUT2D eigenvalue weighted by Crippen LogP contribution is -2.50. The molecule has 2 aromatic rings. The quantitative estimate of drug-likeness (QED) is 0.873. The Hall–Kier alpha value is -1.88. The van der Waals surface area contributed by atoms with Crippen molar-refractivity contribution >= 4 is 16.9 Å². The summed E-state index contributed by atoms with van der Waals surface area (Å²) in [4.78, 5) is 19.8. The van der Waals surface area contributed by atoms with E-state index in [4.69, 9.17) is 9.72 Å². The van der Waals surface area contributed by atoms with E-state index in [-0.39, 0.29) is 17.8 Å². The van der Waals surface area contributed by atoms with Crippen molar-refractivity contribution in [2.75, 3.05) is 18.0 Å². The predicted molar refractivity (Wildman–Crippen MR) is 90.9 cm³/mol. The minimum atomic E-state index is 0.00912. The van der Waals surface area contributed by atoms with Gasteiger partial charge in [0.2, 0.25) is 0 Å². The Morgan fingerprint density at radius 1 is 1.26 bits per heavy atom. The van der Waals surface area contributed by atoms with E-state index in [1.807, 2.05) is 35.8 Å². The second kappa shape index (κ2) is 5.64. The highest BCUT2D eigenvalue weighted by atomic mass is 16.5. The van der Waals surface area contributed by atoms with Crippen LogP contribution in [0, 0.1) is 5.92 Å². The number of aromatic nitrogens is 2. The smallest absolute Gasteiger partial charge is 0.293 e. The van der Waals surface area contributed by atoms with E-state index in [0.29, 0.717) is 18.3 Å². The highest BCUT2D eigenvalue weighted by molar-refractivity contribution is 5.76. The summed E-state index contributed by atoms with van der Waals surface area (Å²) >= 11 is 0. The number of rotatable bonds is 3. The van der Waals surface area contributed by atoms with E-state index in [0.717, 1.165) is 24.1 Å². The highest BCUT2D eigenvalue weighted by Crippen LogP contribution is 2.37. The van der Waals surface area contributed by atoms with Crippen LogP contribution in [0.15, 0.2) is 29.1 Å². The number of morpholine rings is 1. The predicted octanol–water partition coefficient (Wildman–Crippen LogP) is 2.42. The molecule has 2 fully saturated rings. The number of fused-ring (bicyclic) bond motifs is 1. The first-order valence-corrected chi connectivity index (χ1v) is 8.57. The van der Waals surface area contributed by atoms with Gasteiger partial charge in [0.15, 0.2) is 5.82 Å². The summed E-state index contributed by atoms with van der Waals surface area (Å²) in [5.74, 6) is 1.24. The molecule has 0 unspecified atom stereocenters. The van der Waals surface area contributed by atoms with Gasteiger partial charge in [0.25, 0.3) is 5.56 Å². The molecule has 0 N–H and O–H groups in total. The van der Waals surface area contributed by atoms with Gasteiger partial charge in [-0.2, -0.15) is 0 Å². The molecule has 1 aromatic heterocycles. The van der Waals surface area contributed by atoms with Gasteiger partial charge in [-0.1, -0.05) is 12.1 Å². The van der Waals surface area contributed by atoms with Gasteiger partial charge in [-0.05, 0) is 44.7 Å². The van der Waals surface area contributed by atoms with Crippen LogP contribution >= 0.6 is 0 Å². The maximum Gasteiger partial charge on any atom is 0.293 e. The van der Waals surface area contributed by atoms with Gasteiger partial charge in [-0.3, -0.25) is 4.79 Å². The first-order chi connectivity index (χ1) is 11.2. The Bertz CT molecular complexity index is 781. The average Bonchev–Trinajstić information content (AvgIpc) is 3.38. The van der Waals surface area contributed by atoms with Crippen LogP contribution in [0.2, 0.25) is 0 Å². The standard InChI is InChI=1S/C18H23N3O2/c1-3-21-15-7-5-4-6-14(15)19-17(18(21)22)20-10-12(2)23-16(11-20)13-8-9-13/h4-7,12-13,16H,3,8-11H2,1-2H3/t12-,16+/m1/s1. The average molecular weight is 313 g/mol. The van der Waals surface area contributed by atoms with Crippen LogP contribution < -0.4 is 10.5 Å². The molecule has 1 aliphatic heterocycles. The molecule has 0 amide bonds. The fourth-order valence-corrected chi connectivity index (χ4v) is 3.59. The molecule has 122 valence electrons. The van der Waals surface area contributed by atoms with E-state index in [1.54, 1.807) is 0 Å². The van der Waals surface area contributed by atoms with E-state index in [2.05, 4.69) is 11.8 Å². The minimum Gasteiger partial charge on any atom is -0.371 e. The number of aryl methyl sites for hydroxylation is 1. The maximum absolute atomic E-state index is 12.9. The van der Waals surface area contributed by atoms with Gasteiger partial charge in [-0.25, -0.2) is 4.98 Å². The lowest BCUT2D eigenvalue weighted by atomic mass is 10.1. The van der Waals surface area contributed by atoms with Gasteiger partial charge < -0.3 is 14.2 Å². The summed E-state index contributed by atoms with van der Waals surface area (Å²) in [6.45, 7) is 6.25. The van der Waals surface area contributed by atoms with Gasteiger partial charge in [0.05, 0.1) is 23.2 Å². The normalized spacial score (nSPS) is 25.0. The number of hydrogen-bond acceptors (Lipinski definition) is 4. The number of para-hydroxylation sites is 2. The van der Waals surface area contributed by atoms with Crippen LogP contribution in [-0.2, 0) is 11.3 Å². The van der Waals surface area contributed by atoms with Crippen molar-refractivity contribution in [1.82, 2.24) is 9.55 Å². The molecule has 1 saturated heterocycles. The molecule has 5 nitrogen and oxygen atoms in total. The third-order valence-electron chi connectivity index (χ3n) is 4.88. The van der Waals surface area contributed by atoms with Crippen molar-refractivity contribution in [3.05, 3.63) is 34.6 Å². The Morgan fingerprint density at radius 3 is 2.78 bits per heavy atom. The zero-order valence-electron chi connectivity index (χ0n) is 13.7. The van der Waals surface area contributed by atoms with Crippen LogP contribution in [0.1, 0.15) is 26.7 Å². The molecule has 1 aliphatic carbocycles. The molecular formula is C18H23N3O2. The lowest BCUT2D eigenvalue weighted by molar-refractivity contribution is -0.0274. The number of benzene rings is 1. The number of ether oxygens (including phenoxy) is 1. The SMILES string of the molecule is CCn1c(=O)c(N2C[C@@H](C)O[C@H](C3CC3)C2)nc2ccccc21. The molecule has 2 aliphatic rings. The van der Waals surface area contributed by atoms with E-state index in [9.17, 15) is 4.79 Å². The molecule has 2 heterocycles. The van der Waals surface area contributed by atoms with Crippen LogP contribution in [0.5, 0.6) is 0 Å². The number of hydrogen-bond donors (Lipinski definition) is 0. The molecular weight excluding hydrogens is 290 g/mol. The van der Waals surface area contributed by atoms with Crippen molar-refractivity contribution in [1.29, 1.82) is 0 Å². The summed E-state index contributed by atoms with van der Waals surface area (Å²) in [5.41, 5.74) is 1.80. The fraction of sp³-hybridized carbons (Fsp3) is 0.556. The van der Waals surface area contributed by atoms with Crippen LogP contribution in [0.3, 0.4) is 0 Å². The van der Waals surface area contributed by atoms with Crippen molar-refractivity contribution < 1.29 is 4.74 Å². The van der Waals surface area contributed by atoms with Gasteiger partial charge in [0, 0.05) is 19.6 Å². The Labute approximate surface area is 135 Å². The zero-order chi connectivity index (χ0) is 16.0. The Kier molecular flexibility index (Phi) is 3.60. The zero-order valence-corrected chi connectivity index (χ0v) is 13.7.